The predicted molar refractivity (Wildman–Crippen MR) is 299 cm³/mol. The van der Waals surface area contributed by atoms with E-state index in [9.17, 15) is 0 Å². The van der Waals surface area contributed by atoms with Crippen LogP contribution in [0.2, 0.25) is 17.3 Å². The fourth-order valence-corrected chi connectivity index (χ4v) is 13.6. The molecule has 70 heavy (non-hydrogen) atoms. The molecule has 0 N–H and O–H groups in total. The Morgan fingerprint density at radius 2 is 1.13 bits per heavy atom. The van der Waals surface area contributed by atoms with Crippen LogP contribution >= 0.6 is 0 Å². The molecule has 0 aliphatic carbocycles. The van der Waals surface area contributed by atoms with Gasteiger partial charge < -0.3 is 4.57 Å². The van der Waals surface area contributed by atoms with Gasteiger partial charge >= 0.3 is 126 Å². The summed E-state index contributed by atoms with van der Waals surface area (Å²) in [5.74, 6) is 9.48. The molecule has 0 spiro atoms. The van der Waals surface area contributed by atoms with E-state index in [1.807, 2.05) is 18.2 Å². The largest absolute Gasteiger partial charge is 0.332 e. The van der Waals surface area contributed by atoms with Crippen molar-refractivity contribution < 1.29 is 20.1 Å². The molecular formula is C65H61GeIrN3-2. The summed E-state index contributed by atoms with van der Waals surface area (Å²) in [5.41, 5.74) is 13.1. The van der Waals surface area contributed by atoms with Crippen molar-refractivity contribution in [2.75, 3.05) is 0 Å². The van der Waals surface area contributed by atoms with Gasteiger partial charge in [0.1, 0.15) is 0 Å². The molecule has 0 fully saturated rings. The van der Waals surface area contributed by atoms with Crippen LogP contribution in [0.15, 0.2) is 176 Å². The molecule has 0 amide bonds. The summed E-state index contributed by atoms with van der Waals surface area (Å²) in [5, 5.41) is 9.88. The van der Waals surface area contributed by atoms with Gasteiger partial charge in [0.25, 0.3) is 0 Å². The summed E-state index contributed by atoms with van der Waals surface area (Å²) >= 11 is -1.86. The van der Waals surface area contributed by atoms with Gasteiger partial charge in [-0.2, -0.15) is 0 Å². The molecule has 5 heteroatoms. The van der Waals surface area contributed by atoms with Gasteiger partial charge in [0.2, 0.25) is 0 Å². The number of fused-ring (bicyclic) bond motifs is 9. The number of nitrogens with zero attached hydrogens (tertiary/aromatic N) is 3. The van der Waals surface area contributed by atoms with Gasteiger partial charge in [-0.05, 0) is 73.8 Å². The molecule has 3 nitrogen and oxygen atoms in total. The molecule has 0 unspecified atom stereocenters. The Morgan fingerprint density at radius 1 is 0.543 bits per heavy atom. The summed E-state index contributed by atoms with van der Waals surface area (Å²) < 4.78 is 4.01. The second-order valence-electron chi connectivity index (χ2n) is 20.7. The van der Waals surface area contributed by atoms with Gasteiger partial charge in [0.05, 0.1) is 16.9 Å². The molecule has 2 aromatic heterocycles. The molecule has 351 valence electrons. The van der Waals surface area contributed by atoms with Crippen LogP contribution in [0.25, 0.3) is 93.6 Å². The van der Waals surface area contributed by atoms with E-state index in [1.54, 1.807) is 4.40 Å². The third kappa shape index (κ3) is 9.42. The summed E-state index contributed by atoms with van der Waals surface area (Å²) in [6, 6.07) is 68.1. The normalized spacial score (nSPS) is 11.8. The molecule has 0 saturated heterocycles. The number of benzene rings is 9. The van der Waals surface area contributed by atoms with Gasteiger partial charge in [-0.15, -0.1) is 23.8 Å². The second-order valence-corrected chi connectivity index (χ2v) is 31.3. The summed E-state index contributed by atoms with van der Waals surface area (Å²) in [6.45, 7) is 13.8. The van der Waals surface area contributed by atoms with Crippen LogP contribution in [-0.2, 0) is 26.5 Å². The average Bonchev–Trinajstić information content (AvgIpc) is 3.76. The van der Waals surface area contributed by atoms with Gasteiger partial charge in [0, 0.05) is 31.2 Å². The van der Waals surface area contributed by atoms with Gasteiger partial charge in [0.15, 0.2) is 0 Å². The Hall–Kier alpha value is -6.17. The zero-order valence-electron chi connectivity index (χ0n) is 41.9. The summed E-state index contributed by atoms with van der Waals surface area (Å²) in [6.07, 6.45) is 3.27. The van der Waals surface area contributed by atoms with Crippen LogP contribution in [0.4, 0.5) is 0 Å². The second kappa shape index (κ2) is 20.3. The Balaban J connectivity index is 0.000000244. The van der Waals surface area contributed by atoms with Crippen molar-refractivity contribution in [1.29, 1.82) is 0 Å². The van der Waals surface area contributed by atoms with E-state index < -0.39 is 13.3 Å². The first kappa shape index (κ1) is 48.8. The van der Waals surface area contributed by atoms with Crippen LogP contribution in [0, 0.1) is 18.1 Å². The van der Waals surface area contributed by atoms with Crippen LogP contribution in [-0.4, -0.2) is 27.8 Å². The monoisotopic (exact) mass is 1150 g/mol. The van der Waals surface area contributed by atoms with Crippen molar-refractivity contribution in [3.8, 4) is 39.5 Å². The maximum atomic E-state index is 5.47. The first-order valence-electron chi connectivity index (χ1n) is 24.7. The minimum Gasteiger partial charge on any atom is -0.332 e. The third-order valence-corrected chi connectivity index (χ3v) is 17.9. The van der Waals surface area contributed by atoms with Crippen LogP contribution < -0.4 is 4.40 Å². The maximum Gasteiger partial charge on any atom is 0.0781 e. The van der Waals surface area contributed by atoms with Crippen molar-refractivity contribution in [2.24, 2.45) is 5.92 Å². The first-order chi connectivity index (χ1) is 33.4. The number of pyridine rings is 1. The van der Waals surface area contributed by atoms with E-state index in [1.165, 1.54) is 76.6 Å². The van der Waals surface area contributed by atoms with Crippen molar-refractivity contribution in [1.82, 2.24) is 14.5 Å². The summed E-state index contributed by atoms with van der Waals surface area (Å²) in [7, 11) is 0. The quantitative estimate of drug-likeness (QED) is 0.0819. The maximum absolute atomic E-state index is 5.47. The Bertz CT molecular complexity index is 3590. The Kier molecular flexibility index (Phi) is 14.2. The van der Waals surface area contributed by atoms with Crippen LogP contribution in [0.5, 0.6) is 0 Å². The molecule has 2 heterocycles. The van der Waals surface area contributed by atoms with E-state index in [0.717, 1.165) is 40.1 Å². The van der Waals surface area contributed by atoms with Gasteiger partial charge in [-0.25, -0.2) is 0 Å². The predicted octanol–water partition coefficient (Wildman–Crippen LogP) is 17.3. The van der Waals surface area contributed by atoms with Crippen molar-refractivity contribution in [2.45, 2.75) is 77.1 Å². The Labute approximate surface area is 430 Å². The third-order valence-electron chi connectivity index (χ3n) is 13.6. The zero-order valence-corrected chi connectivity index (χ0v) is 46.4. The number of hydrogen-bond acceptors (Lipinski definition) is 2. The van der Waals surface area contributed by atoms with Crippen LogP contribution in [0.1, 0.15) is 70.1 Å². The number of rotatable bonds is 9. The summed E-state index contributed by atoms with van der Waals surface area (Å²) in [4.78, 5) is 10.2. The topological polar surface area (TPSA) is 30.7 Å². The molecule has 0 bridgehead atoms. The number of imidazole rings is 1. The molecule has 1 radical (unpaired) electrons. The standard InChI is InChI=1S/C47H37N2.C18H24GeN.Ir/c1-29(2)41-27-34(31-14-6-5-7-15-31)28-42(30(3)4)45(41)49-46-35-17-9-8-16-32(35)23-25-44(46)48-47(49)33-22-24-40-38-20-11-10-18-36(38)37-19-12-13-21-39(37)43(40)26-33;1-14(2)11-16-12-18(15-9-7-6-8-10-15)20-13-17(16)19(3,4)5;/h5-21,23-30H,1-4H3;6-9,12-14H,11H2,1-5H3;/q2*-1;. The molecule has 0 aliphatic heterocycles. The number of hydrogen-bond donors (Lipinski definition) is 0. The minimum absolute atomic E-state index is 0. The van der Waals surface area contributed by atoms with E-state index >= 15 is 0 Å². The fraction of sp³-hybridized carbons (Fsp3) is 0.200. The van der Waals surface area contributed by atoms with Gasteiger partial charge in [-0.3, -0.25) is 4.98 Å². The first-order valence-corrected chi connectivity index (χ1v) is 32.1. The van der Waals surface area contributed by atoms with Crippen molar-refractivity contribution >= 4 is 71.8 Å². The fourth-order valence-electron chi connectivity index (χ4n) is 10.3. The molecule has 9 aromatic carbocycles. The van der Waals surface area contributed by atoms with E-state index in [4.69, 9.17) is 9.97 Å². The molecule has 0 saturated carbocycles. The smallest absolute Gasteiger partial charge is 0.0781 e. The molecule has 0 aliphatic rings. The van der Waals surface area contributed by atoms with Gasteiger partial charge in [-0.1, -0.05) is 153 Å². The van der Waals surface area contributed by atoms with Crippen LogP contribution in [0.3, 0.4) is 0 Å². The van der Waals surface area contributed by atoms with E-state index in [2.05, 4.69) is 233 Å². The molecule has 11 aromatic rings. The molecular weight excluding hydrogens is 1090 g/mol. The molecule has 0 atom stereocenters. The number of aromatic nitrogens is 3. The average molecular weight is 1150 g/mol. The van der Waals surface area contributed by atoms with Crippen molar-refractivity contribution in [3.05, 3.63) is 205 Å². The minimum atomic E-state index is -1.86. The molecule has 11 rings (SSSR count). The SMILES string of the molecule is CC(C)Cc1cc(-c2[c-]cccc2)nc[c]1[Ge]([CH3])([CH3])[CH3].CC(C)c1cc(-c2ccccc2)cc(C(C)C)c1-n1c(-c2[c-]cc3c4ccccc4c4ccccc4c3c2)nc2ccc3ccccc3c21.[Ir]. The Morgan fingerprint density at radius 3 is 1.73 bits per heavy atom. The zero-order chi connectivity index (χ0) is 48.0. The van der Waals surface area contributed by atoms with E-state index in [-0.39, 0.29) is 31.9 Å². The van der Waals surface area contributed by atoms with Crippen molar-refractivity contribution in [3.63, 3.8) is 0 Å². The van der Waals surface area contributed by atoms with E-state index in [0.29, 0.717) is 5.92 Å².